The first kappa shape index (κ1) is 23.5. The zero-order valence-corrected chi connectivity index (χ0v) is 19.5. The van der Waals surface area contributed by atoms with Crippen molar-refractivity contribution in [3.05, 3.63) is 76.2 Å². The number of aromatic carboxylic acids is 1. The summed E-state index contributed by atoms with van der Waals surface area (Å²) >= 11 is 0. The average molecular weight is 508 g/mol. The number of carbonyl (C=O) groups is 1. The van der Waals surface area contributed by atoms with Gasteiger partial charge in [0.1, 0.15) is 17.7 Å². The highest BCUT2D eigenvalue weighted by Gasteiger charge is 2.27. The van der Waals surface area contributed by atoms with E-state index in [0.717, 1.165) is 27.8 Å². The van der Waals surface area contributed by atoms with Gasteiger partial charge in [-0.2, -0.15) is 4.68 Å². The summed E-state index contributed by atoms with van der Waals surface area (Å²) in [6, 6.07) is 6.85. The van der Waals surface area contributed by atoms with E-state index >= 15 is 4.39 Å². The molecule has 0 saturated heterocycles. The predicted octanol–water partition coefficient (Wildman–Crippen LogP) is 2.40. The number of imidazole rings is 1. The fraction of sp³-hybridized carbons (Fsp3) is 0.130. The van der Waals surface area contributed by atoms with Crippen molar-refractivity contribution in [3.8, 4) is 17.3 Å². The van der Waals surface area contributed by atoms with Crippen molar-refractivity contribution in [1.29, 1.82) is 0 Å². The molecule has 0 aliphatic carbocycles. The quantitative estimate of drug-likeness (QED) is 0.183. The molecular weight excluding hydrogens is 487 g/mol. The smallest absolute Gasteiger partial charge is 0.356 e. The molecule has 7 N–H and O–H groups in total. The monoisotopic (exact) mass is 508 g/mol. The zero-order chi connectivity index (χ0) is 26.3. The number of nitrogen functional groups attached to an aromatic ring is 1. The minimum atomic E-state index is -1.33. The average Bonchev–Trinajstić information content (AvgIpc) is 3.61. The van der Waals surface area contributed by atoms with Crippen molar-refractivity contribution in [3.63, 3.8) is 0 Å². The van der Waals surface area contributed by atoms with Crippen molar-refractivity contribution < 1.29 is 23.8 Å². The highest BCUT2D eigenvalue weighted by Crippen LogP contribution is 2.36. The van der Waals surface area contributed by atoms with Crippen LogP contribution in [0.15, 0.2) is 47.7 Å². The number of hydrogen-bond acceptors (Lipinski definition) is 8. The van der Waals surface area contributed by atoms with Crippen LogP contribution in [0.25, 0.3) is 16.6 Å². The third-order valence-corrected chi connectivity index (χ3v) is 5.79. The molecule has 5 aromatic rings. The molecule has 0 aliphatic heterocycles. The number of carboxylic acids is 1. The fourth-order valence-electron chi connectivity index (χ4n) is 4.02. The Morgan fingerprint density at radius 3 is 2.68 bits per heavy atom. The minimum absolute atomic E-state index is 0.0101. The molecule has 5 rings (SSSR count). The van der Waals surface area contributed by atoms with Gasteiger partial charge in [-0.1, -0.05) is 0 Å². The number of aromatic nitrogens is 6. The van der Waals surface area contributed by atoms with Crippen LogP contribution in [0.1, 0.15) is 27.9 Å². The molecule has 0 aliphatic rings. The molecule has 0 saturated carbocycles. The van der Waals surface area contributed by atoms with Crippen molar-refractivity contribution in [2.24, 2.45) is 0 Å². The number of halogens is 1. The van der Waals surface area contributed by atoms with Gasteiger partial charge in [0.25, 0.3) is 0 Å². The number of nitrogens with two attached hydrogens (primary N) is 1. The molecule has 14 heteroatoms. The van der Waals surface area contributed by atoms with Gasteiger partial charge in [-0.05, 0) is 24.3 Å². The fourth-order valence-corrected chi connectivity index (χ4v) is 4.02. The largest absolute Gasteiger partial charge is 0.493 e. The molecule has 13 nitrogen and oxygen atoms in total. The summed E-state index contributed by atoms with van der Waals surface area (Å²) in [6.45, 7) is 0. The van der Waals surface area contributed by atoms with Gasteiger partial charge in [-0.25, -0.2) is 19.0 Å². The summed E-state index contributed by atoms with van der Waals surface area (Å²) in [5.41, 5.74) is 5.46. The van der Waals surface area contributed by atoms with Crippen molar-refractivity contribution in [1.82, 2.24) is 29.7 Å². The van der Waals surface area contributed by atoms with Crippen LogP contribution in [-0.2, 0) is 0 Å². The molecule has 37 heavy (non-hydrogen) atoms. The number of benzene rings is 2. The van der Waals surface area contributed by atoms with Gasteiger partial charge in [-0.3, -0.25) is 4.98 Å². The number of anilines is 2. The Labute approximate surface area is 207 Å². The van der Waals surface area contributed by atoms with Crippen LogP contribution in [0, 0.1) is 5.82 Å². The standard InChI is InChI=1S/C23H21FN8O5/c1-36-15-6-13(14(24)7-16(15)37-2)17(29-11-3-4-12-10(5-11)8-26-19(12)25)20-30-23(35)32(31-20)21-18(22(33)34)27-9-28-21/h3-9,17,26,29H,25H2,1-2H3,(H,27,28)(H,33,34)(H,30,31,35). The van der Waals surface area contributed by atoms with Crippen LogP contribution in [0.2, 0.25) is 0 Å². The summed E-state index contributed by atoms with van der Waals surface area (Å²) in [6.07, 6.45) is 2.85. The molecule has 3 heterocycles. The Bertz CT molecular complexity index is 1680. The number of ether oxygens (including phenoxy) is 2. The van der Waals surface area contributed by atoms with E-state index in [9.17, 15) is 14.7 Å². The van der Waals surface area contributed by atoms with Gasteiger partial charge >= 0.3 is 11.7 Å². The number of rotatable bonds is 8. The maximum absolute atomic E-state index is 15.4. The summed E-state index contributed by atoms with van der Waals surface area (Å²) in [5, 5.41) is 18.4. The van der Waals surface area contributed by atoms with Gasteiger partial charge < -0.3 is 35.6 Å². The van der Waals surface area contributed by atoms with Crippen molar-refractivity contribution >= 4 is 28.2 Å². The summed E-state index contributed by atoms with van der Waals surface area (Å²) < 4.78 is 26.7. The lowest BCUT2D eigenvalue weighted by Gasteiger charge is -2.20. The molecule has 1 unspecified atom stereocenters. The maximum Gasteiger partial charge on any atom is 0.356 e. The molecule has 1 atom stereocenters. The van der Waals surface area contributed by atoms with E-state index in [4.69, 9.17) is 15.2 Å². The lowest BCUT2D eigenvalue weighted by atomic mass is 10.0. The van der Waals surface area contributed by atoms with Gasteiger partial charge in [0.15, 0.2) is 28.8 Å². The Morgan fingerprint density at radius 2 is 1.95 bits per heavy atom. The number of nitrogens with zero attached hydrogens (tertiary/aromatic N) is 3. The Balaban J connectivity index is 1.65. The molecule has 0 amide bonds. The van der Waals surface area contributed by atoms with Crippen LogP contribution in [0.5, 0.6) is 11.5 Å². The zero-order valence-electron chi connectivity index (χ0n) is 19.5. The highest BCUT2D eigenvalue weighted by atomic mass is 19.1. The first-order valence-electron chi connectivity index (χ1n) is 10.8. The molecular formula is C23H21FN8O5. The number of aromatic amines is 3. The number of hydrogen-bond donors (Lipinski definition) is 6. The normalized spacial score (nSPS) is 12.0. The molecule has 3 aromatic heterocycles. The van der Waals surface area contributed by atoms with E-state index in [1.54, 1.807) is 24.4 Å². The Hall–Kier alpha value is -5.27. The second-order valence-corrected chi connectivity index (χ2v) is 7.94. The van der Waals surface area contributed by atoms with Crippen molar-refractivity contribution in [2.45, 2.75) is 6.04 Å². The predicted molar refractivity (Wildman–Crippen MR) is 131 cm³/mol. The summed E-state index contributed by atoms with van der Waals surface area (Å²) in [5.74, 6) is -1.30. The van der Waals surface area contributed by atoms with Gasteiger partial charge in [0, 0.05) is 34.3 Å². The van der Waals surface area contributed by atoms with Crippen LogP contribution in [0.3, 0.4) is 0 Å². The Kier molecular flexibility index (Phi) is 5.75. The number of fused-ring (bicyclic) bond motifs is 1. The first-order valence-corrected chi connectivity index (χ1v) is 10.8. The van der Waals surface area contributed by atoms with E-state index < -0.39 is 23.5 Å². The Morgan fingerprint density at radius 1 is 1.19 bits per heavy atom. The van der Waals surface area contributed by atoms with Crippen LogP contribution in [-0.4, -0.2) is 55.0 Å². The van der Waals surface area contributed by atoms with Gasteiger partial charge in [0.2, 0.25) is 0 Å². The van der Waals surface area contributed by atoms with E-state index in [0.29, 0.717) is 11.5 Å². The van der Waals surface area contributed by atoms with E-state index in [-0.39, 0.29) is 34.4 Å². The lowest BCUT2D eigenvalue weighted by Crippen LogP contribution is -2.19. The number of nitrogens with one attached hydrogen (secondary N) is 4. The van der Waals surface area contributed by atoms with Crippen LogP contribution >= 0.6 is 0 Å². The second-order valence-electron chi connectivity index (χ2n) is 7.94. The minimum Gasteiger partial charge on any atom is -0.493 e. The molecule has 0 spiro atoms. The molecule has 190 valence electrons. The van der Waals surface area contributed by atoms with Gasteiger partial charge in [-0.15, -0.1) is 5.10 Å². The third kappa shape index (κ3) is 4.09. The summed E-state index contributed by atoms with van der Waals surface area (Å²) in [7, 11) is 2.79. The molecule has 0 bridgehead atoms. The topological polar surface area (TPSA) is 189 Å². The molecule has 2 aromatic carbocycles. The lowest BCUT2D eigenvalue weighted by molar-refractivity contribution is 0.0691. The number of H-pyrrole nitrogens is 3. The molecule has 0 radical (unpaired) electrons. The van der Waals surface area contributed by atoms with Crippen molar-refractivity contribution in [2.75, 3.05) is 25.3 Å². The number of carboxylic acid groups (broad SMARTS) is 1. The van der Waals surface area contributed by atoms with E-state index in [2.05, 4.69) is 30.4 Å². The van der Waals surface area contributed by atoms with Crippen LogP contribution < -0.4 is 26.2 Å². The van der Waals surface area contributed by atoms with Gasteiger partial charge in [0.05, 0.1) is 20.5 Å². The van der Waals surface area contributed by atoms with Crippen LogP contribution in [0.4, 0.5) is 15.9 Å². The van der Waals surface area contributed by atoms with E-state index in [1.165, 1.54) is 20.3 Å². The first-order chi connectivity index (χ1) is 17.8. The third-order valence-electron chi connectivity index (χ3n) is 5.79. The maximum atomic E-state index is 15.4. The molecule has 0 fully saturated rings. The van der Waals surface area contributed by atoms with E-state index in [1.807, 2.05) is 0 Å². The summed E-state index contributed by atoms with van der Waals surface area (Å²) in [4.78, 5) is 36.2. The number of methoxy groups -OCH3 is 2. The SMILES string of the molecule is COc1cc(F)c(C(Nc2ccc3c(N)[nH]cc3c2)c2nn(-c3nc[nH]c3C(=O)O)c(=O)[nH]2)cc1OC. The second kappa shape index (κ2) is 9.07. The highest BCUT2D eigenvalue weighted by molar-refractivity contribution is 5.94.